The number of hydrogen-bond acceptors (Lipinski definition) is 4. The van der Waals surface area contributed by atoms with E-state index in [1.54, 1.807) is 0 Å². The fourth-order valence-electron chi connectivity index (χ4n) is 2.78. The molecule has 0 bridgehead atoms. The first kappa shape index (κ1) is 19.0. The van der Waals surface area contributed by atoms with Crippen LogP contribution >= 0.6 is 0 Å². The SMILES string of the molecule is O=C(c1c(F)cccc1F)N1CCCC(Oc2nccc(C(F)(F)F)n2)C1. The van der Waals surface area contributed by atoms with Crippen LogP contribution in [-0.4, -0.2) is 40.0 Å². The molecule has 0 N–H and O–H groups in total. The summed E-state index contributed by atoms with van der Waals surface area (Å²) in [7, 11) is 0. The Morgan fingerprint density at radius 3 is 2.56 bits per heavy atom. The van der Waals surface area contributed by atoms with E-state index in [0.29, 0.717) is 18.9 Å². The predicted octanol–water partition coefficient (Wildman–Crippen LogP) is 3.46. The van der Waals surface area contributed by atoms with Gasteiger partial charge in [-0.25, -0.2) is 13.8 Å². The molecule has 2 aromatic rings. The molecule has 5 nitrogen and oxygen atoms in total. The standard InChI is InChI=1S/C17H14F5N3O2/c18-11-4-1-5-12(19)14(11)15(26)25-8-2-3-10(9-25)27-16-23-7-6-13(24-16)17(20,21)22/h1,4-7,10H,2-3,8-9H2. The summed E-state index contributed by atoms with van der Waals surface area (Å²) in [6.45, 7) is 0.197. The van der Waals surface area contributed by atoms with Gasteiger partial charge in [-0.3, -0.25) is 4.79 Å². The van der Waals surface area contributed by atoms with E-state index in [2.05, 4.69) is 9.97 Å². The van der Waals surface area contributed by atoms with E-state index in [1.807, 2.05) is 0 Å². The molecule has 0 spiro atoms. The molecule has 1 unspecified atom stereocenters. The van der Waals surface area contributed by atoms with Crippen LogP contribution in [0.1, 0.15) is 28.9 Å². The minimum Gasteiger partial charge on any atom is -0.458 e. The van der Waals surface area contributed by atoms with Gasteiger partial charge in [-0.2, -0.15) is 18.2 Å². The summed E-state index contributed by atoms with van der Waals surface area (Å²) in [6, 6.07) is 3.34. The molecule has 0 aliphatic carbocycles. The highest BCUT2D eigenvalue weighted by Gasteiger charge is 2.34. The maximum absolute atomic E-state index is 13.8. The van der Waals surface area contributed by atoms with E-state index in [1.165, 1.54) is 4.90 Å². The van der Waals surface area contributed by atoms with E-state index >= 15 is 0 Å². The topological polar surface area (TPSA) is 55.3 Å². The minimum atomic E-state index is -4.64. The van der Waals surface area contributed by atoms with E-state index < -0.39 is 47.1 Å². The Kier molecular flexibility index (Phi) is 5.24. The number of piperidine rings is 1. The van der Waals surface area contributed by atoms with Crippen molar-refractivity contribution in [3.63, 3.8) is 0 Å². The summed E-state index contributed by atoms with van der Waals surface area (Å²) in [5.74, 6) is -2.81. The molecular weight excluding hydrogens is 373 g/mol. The van der Waals surface area contributed by atoms with Crippen molar-refractivity contribution in [1.29, 1.82) is 0 Å². The van der Waals surface area contributed by atoms with Gasteiger partial charge in [0, 0.05) is 12.7 Å². The van der Waals surface area contributed by atoms with Crippen molar-refractivity contribution >= 4 is 5.91 Å². The van der Waals surface area contributed by atoms with Crippen molar-refractivity contribution in [3.05, 3.63) is 53.4 Å². The summed E-state index contributed by atoms with van der Waals surface area (Å²) in [4.78, 5) is 20.6. The lowest BCUT2D eigenvalue weighted by molar-refractivity contribution is -0.141. The maximum Gasteiger partial charge on any atom is 0.433 e. The molecule has 1 amide bonds. The van der Waals surface area contributed by atoms with Crippen LogP contribution in [0.3, 0.4) is 0 Å². The highest BCUT2D eigenvalue weighted by molar-refractivity contribution is 5.94. The number of nitrogens with zero attached hydrogens (tertiary/aromatic N) is 3. The van der Waals surface area contributed by atoms with Crippen LogP contribution in [0.15, 0.2) is 30.5 Å². The van der Waals surface area contributed by atoms with Crippen LogP contribution in [0.25, 0.3) is 0 Å². The average molecular weight is 387 g/mol. The van der Waals surface area contributed by atoms with Crippen molar-refractivity contribution in [2.75, 3.05) is 13.1 Å². The van der Waals surface area contributed by atoms with E-state index in [-0.39, 0.29) is 13.1 Å². The molecule has 10 heteroatoms. The minimum absolute atomic E-state index is 0.0494. The first-order valence-electron chi connectivity index (χ1n) is 8.06. The Morgan fingerprint density at radius 2 is 1.89 bits per heavy atom. The highest BCUT2D eigenvalue weighted by Crippen LogP contribution is 2.28. The van der Waals surface area contributed by atoms with Gasteiger partial charge in [-0.1, -0.05) is 6.07 Å². The van der Waals surface area contributed by atoms with E-state index in [0.717, 1.165) is 24.4 Å². The molecule has 144 valence electrons. The number of aromatic nitrogens is 2. The number of rotatable bonds is 3. The van der Waals surface area contributed by atoms with Gasteiger partial charge in [0.2, 0.25) is 0 Å². The van der Waals surface area contributed by atoms with Gasteiger partial charge in [0.25, 0.3) is 5.91 Å². The maximum atomic E-state index is 13.8. The van der Waals surface area contributed by atoms with Crippen LogP contribution in [0.4, 0.5) is 22.0 Å². The molecule has 1 aromatic heterocycles. The van der Waals surface area contributed by atoms with Gasteiger partial charge in [0.05, 0.1) is 6.54 Å². The number of amides is 1. The second-order valence-corrected chi connectivity index (χ2v) is 5.95. The van der Waals surface area contributed by atoms with Crippen molar-refractivity contribution in [1.82, 2.24) is 14.9 Å². The summed E-state index contributed by atoms with van der Waals surface area (Å²) in [5.41, 5.74) is -1.82. The molecule has 0 radical (unpaired) electrons. The number of likely N-dealkylation sites (tertiary alicyclic amines) is 1. The normalized spacial score (nSPS) is 17.7. The Labute approximate surface area is 150 Å². The lowest BCUT2D eigenvalue weighted by atomic mass is 10.1. The molecule has 1 aromatic carbocycles. The van der Waals surface area contributed by atoms with Crippen molar-refractivity contribution in [2.45, 2.75) is 25.1 Å². The number of halogens is 5. The third-order valence-corrected chi connectivity index (χ3v) is 4.04. The lowest BCUT2D eigenvalue weighted by Crippen LogP contribution is -2.45. The Bertz CT molecular complexity index is 823. The number of alkyl halides is 3. The predicted molar refractivity (Wildman–Crippen MR) is 82.9 cm³/mol. The Hall–Kier alpha value is -2.78. The smallest absolute Gasteiger partial charge is 0.433 e. The third-order valence-electron chi connectivity index (χ3n) is 4.04. The molecule has 1 aliphatic heterocycles. The van der Waals surface area contributed by atoms with Gasteiger partial charge in [0.1, 0.15) is 23.3 Å². The van der Waals surface area contributed by atoms with E-state index in [9.17, 15) is 26.7 Å². The molecule has 1 fully saturated rings. The molecule has 1 aliphatic rings. The zero-order valence-corrected chi connectivity index (χ0v) is 13.8. The number of hydrogen-bond donors (Lipinski definition) is 0. The lowest BCUT2D eigenvalue weighted by Gasteiger charge is -2.32. The number of ether oxygens (including phenoxy) is 1. The van der Waals surface area contributed by atoms with Crippen LogP contribution in [-0.2, 0) is 6.18 Å². The summed E-state index contributed by atoms with van der Waals surface area (Å²) >= 11 is 0. The third kappa shape index (κ3) is 4.32. The quantitative estimate of drug-likeness (QED) is 0.757. The number of benzene rings is 1. The van der Waals surface area contributed by atoms with Crippen LogP contribution < -0.4 is 4.74 Å². The Morgan fingerprint density at radius 1 is 1.19 bits per heavy atom. The van der Waals surface area contributed by atoms with Crippen LogP contribution in [0, 0.1) is 11.6 Å². The summed E-state index contributed by atoms with van der Waals surface area (Å²) < 4.78 is 71.1. The highest BCUT2D eigenvalue weighted by atomic mass is 19.4. The fourth-order valence-corrected chi connectivity index (χ4v) is 2.78. The Balaban J connectivity index is 1.72. The zero-order valence-electron chi connectivity index (χ0n) is 13.8. The van der Waals surface area contributed by atoms with Gasteiger partial charge in [0.15, 0.2) is 5.69 Å². The molecule has 0 saturated carbocycles. The van der Waals surface area contributed by atoms with Crippen LogP contribution in [0.2, 0.25) is 0 Å². The van der Waals surface area contributed by atoms with Gasteiger partial charge >= 0.3 is 12.2 Å². The second kappa shape index (κ2) is 7.45. The molecule has 2 heterocycles. The molecule has 1 atom stereocenters. The number of carbonyl (C=O) groups excluding carboxylic acids is 1. The van der Waals surface area contributed by atoms with Gasteiger partial charge in [-0.05, 0) is 31.0 Å². The van der Waals surface area contributed by atoms with Crippen LogP contribution in [0.5, 0.6) is 6.01 Å². The first-order chi connectivity index (χ1) is 12.8. The largest absolute Gasteiger partial charge is 0.458 e. The summed E-state index contributed by atoms with van der Waals surface area (Å²) in [5, 5.41) is 0. The van der Waals surface area contributed by atoms with Gasteiger partial charge in [-0.15, -0.1) is 0 Å². The van der Waals surface area contributed by atoms with E-state index in [4.69, 9.17) is 4.74 Å². The van der Waals surface area contributed by atoms with Crippen molar-refractivity contribution < 1.29 is 31.5 Å². The van der Waals surface area contributed by atoms with Gasteiger partial charge < -0.3 is 9.64 Å². The molecule has 27 heavy (non-hydrogen) atoms. The number of carbonyl (C=O) groups is 1. The molecule has 3 rings (SSSR count). The first-order valence-corrected chi connectivity index (χ1v) is 8.06. The molecular formula is C17H14F5N3O2. The second-order valence-electron chi connectivity index (χ2n) is 5.95. The van der Waals surface area contributed by atoms with Crippen molar-refractivity contribution in [3.8, 4) is 6.01 Å². The summed E-state index contributed by atoms with van der Waals surface area (Å²) in [6.07, 6.45) is -3.53. The van der Waals surface area contributed by atoms with Crippen molar-refractivity contribution in [2.24, 2.45) is 0 Å². The fraction of sp³-hybridized carbons (Fsp3) is 0.353. The zero-order chi connectivity index (χ0) is 19.6. The molecule has 1 saturated heterocycles. The average Bonchev–Trinajstić information content (AvgIpc) is 2.61. The monoisotopic (exact) mass is 387 g/mol.